The summed E-state index contributed by atoms with van der Waals surface area (Å²) in [5, 5.41) is 8.80. The van der Waals surface area contributed by atoms with Gasteiger partial charge in [0.1, 0.15) is 0 Å². The lowest BCUT2D eigenvalue weighted by atomic mass is 10.1. The second kappa shape index (κ2) is 5.91. The molecule has 0 amide bonds. The zero-order chi connectivity index (χ0) is 12.2. The molecule has 3 heteroatoms. The van der Waals surface area contributed by atoms with Gasteiger partial charge in [-0.15, -0.1) is 0 Å². The van der Waals surface area contributed by atoms with Crippen molar-refractivity contribution >= 4 is 5.97 Å². The van der Waals surface area contributed by atoms with E-state index in [9.17, 15) is 4.79 Å². The summed E-state index contributed by atoms with van der Waals surface area (Å²) in [6, 6.07) is 0.983. The summed E-state index contributed by atoms with van der Waals surface area (Å²) in [6.07, 6.45) is 1.81. The molecule has 0 aromatic rings. The number of rotatable bonds is 5. The van der Waals surface area contributed by atoms with Crippen molar-refractivity contribution in [3.63, 3.8) is 0 Å². The normalized spacial score (nSPS) is 15.1. The number of aliphatic carboxylic acids is 1. The molecule has 0 heterocycles. The third-order valence-electron chi connectivity index (χ3n) is 2.49. The second-order valence-corrected chi connectivity index (χ2v) is 4.53. The van der Waals surface area contributed by atoms with Gasteiger partial charge in [0.15, 0.2) is 0 Å². The lowest BCUT2D eigenvalue weighted by Crippen LogP contribution is -2.42. The van der Waals surface area contributed by atoms with Crippen LogP contribution >= 0.6 is 0 Å². The molecule has 1 atom stereocenters. The van der Waals surface area contributed by atoms with Crippen LogP contribution in [0, 0.1) is 0 Å². The van der Waals surface area contributed by atoms with Crippen molar-refractivity contribution in [1.29, 1.82) is 0 Å². The SMILES string of the molecule is CC(=CC(C)N(C(C)C)C(C)C)C(=O)O. The largest absolute Gasteiger partial charge is 0.478 e. The average molecular weight is 213 g/mol. The molecule has 15 heavy (non-hydrogen) atoms. The molecular formula is C12H23NO2. The minimum atomic E-state index is -0.839. The van der Waals surface area contributed by atoms with Crippen LogP contribution in [0.25, 0.3) is 0 Å². The summed E-state index contributed by atoms with van der Waals surface area (Å²) in [6.45, 7) is 12.2. The summed E-state index contributed by atoms with van der Waals surface area (Å²) in [5.74, 6) is -0.839. The van der Waals surface area contributed by atoms with Crippen LogP contribution in [0.4, 0.5) is 0 Å². The summed E-state index contributed by atoms with van der Waals surface area (Å²) >= 11 is 0. The van der Waals surface area contributed by atoms with Gasteiger partial charge >= 0.3 is 5.97 Å². The van der Waals surface area contributed by atoms with Gasteiger partial charge < -0.3 is 5.11 Å². The van der Waals surface area contributed by atoms with Crippen molar-refractivity contribution in [3.05, 3.63) is 11.6 Å². The molecule has 88 valence electrons. The van der Waals surface area contributed by atoms with Crippen LogP contribution in [0.1, 0.15) is 41.5 Å². The van der Waals surface area contributed by atoms with Crippen LogP contribution in [0.2, 0.25) is 0 Å². The number of hydrogen-bond acceptors (Lipinski definition) is 2. The Morgan fingerprint density at radius 2 is 1.53 bits per heavy atom. The molecule has 0 fully saturated rings. The Bertz CT molecular complexity index is 236. The van der Waals surface area contributed by atoms with Crippen molar-refractivity contribution in [3.8, 4) is 0 Å². The topological polar surface area (TPSA) is 40.5 Å². The van der Waals surface area contributed by atoms with Crippen LogP contribution in [0.5, 0.6) is 0 Å². The standard InChI is InChI=1S/C12H23NO2/c1-8(2)13(9(3)4)11(6)7-10(5)12(14)15/h7-9,11H,1-6H3,(H,14,15). The molecule has 0 spiro atoms. The maximum atomic E-state index is 10.7. The Morgan fingerprint density at radius 1 is 1.13 bits per heavy atom. The first kappa shape index (κ1) is 14.2. The van der Waals surface area contributed by atoms with E-state index in [1.54, 1.807) is 6.92 Å². The molecule has 0 bridgehead atoms. The van der Waals surface area contributed by atoms with E-state index in [-0.39, 0.29) is 6.04 Å². The van der Waals surface area contributed by atoms with Gasteiger partial charge in [-0.2, -0.15) is 0 Å². The van der Waals surface area contributed by atoms with Crippen molar-refractivity contribution < 1.29 is 9.90 Å². The number of carboxylic acid groups (broad SMARTS) is 1. The first-order chi connectivity index (χ1) is 6.77. The van der Waals surface area contributed by atoms with Gasteiger partial charge in [-0.3, -0.25) is 4.90 Å². The highest BCUT2D eigenvalue weighted by Crippen LogP contribution is 2.13. The van der Waals surface area contributed by atoms with Gasteiger partial charge in [-0.05, 0) is 41.5 Å². The number of carboxylic acids is 1. The maximum Gasteiger partial charge on any atom is 0.331 e. The highest BCUT2D eigenvalue weighted by Gasteiger charge is 2.19. The number of nitrogens with zero attached hydrogens (tertiary/aromatic N) is 1. The summed E-state index contributed by atoms with van der Waals surface area (Å²) < 4.78 is 0. The predicted octanol–water partition coefficient (Wildman–Crippen LogP) is 2.52. The molecule has 0 saturated heterocycles. The van der Waals surface area contributed by atoms with Crippen molar-refractivity contribution in [2.75, 3.05) is 0 Å². The molecule has 0 aromatic carbocycles. The fourth-order valence-corrected chi connectivity index (χ4v) is 2.06. The van der Waals surface area contributed by atoms with Crippen LogP contribution in [-0.4, -0.2) is 34.1 Å². The molecule has 0 aliphatic rings. The molecule has 0 rings (SSSR count). The zero-order valence-electron chi connectivity index (χ0n) is 10.6. The third kappa shape index (κ3) is 4.47. The molecule has 0 aromatic heterocycles. The van der Waals surface area contributed by atoms with Gasteiger partial charge in [-0.25, -0.2) is 4.79 Å². The Kier molecular flexibility index (Phi) is 5.58. The average Bonchev–Trinajstić information content (AvgIpc) is 2.01. The van der Waals surface area contributed by atoms with Gasteiger partial charge in [-0.1, -0.05) is 6.08 Å². The molecule has 1 N–H and O–H groups in total. The van der Waals surface area contributed by atoms with E-state index >= 15 is 0 Å². The van der Waals surface area contributed by atoms with Gasteiger partial charge in [0.05, 0.1) is 0 Å². The van der Waals surface area contributed by atoms with Gasteiger partial charge in [0.2, 0.25) is 0 Å². The predicted molar refractivity (Wildman–Crippen MR) is 63.0 cm³/mol. The number of hydrogen-bond donors (Lipinski definition) is 1. The van der Waals surface area contributed by atoms with Crippen LogP contribution in [-0.2, 0) is 4.79 Å². The van der Waals surface area contributed by atoms with Crippen LogP contribution in [0.3, 0.4) is 0 Å². The van der Waals surface area contributed by atoms with Crippen molar-refractivity contribution in [1.82, 2.24) is 4.90 Å². The highest BCUT2D eigenvalue weighted by molar-refractivity contribution is 5.85. The molecule has 1 unspecified atom stereocenters. The smallest absolute Gasteiger partial charge is 0.331 e. The van der Waals surface area contributed by atoms with Crippen LogP contribution < -0.4 is 0 Å². The van der Waals surface area contributed by atoms with Gasteiger partial charge in [0.25, 0.3) is 0 Å². The van der Waals surface area contributed by atoms with Crippen molar-refractivity contribution in [2.24, 2.45) is 0 Å². The van der Waals surface area contributed by atoms with E-state index in [4.69, 9.17) is 5.11 Å². The fraction of sp³-hybridized carbons (Fsp3) is 0.750. The summed E-state index contributed by atoms with van der Waals surface area (Å²) in [5.41, 5.74) is 0.411. The van der Waals surface area contributed by atoms with Crippen LogP contribution in [0.15, 0.2) is 11.6 Å². The molecule has 0 aliphatic heterocycles. The number of carbonyl (C=O) groups is 1. The molecular weight excluding hydrogens is 190 g/mol. The lowest BCUT2D eigenvalue weighted by molar-refractivity contribution is -0.132. The minimum absolute atomic E-state index is 0.154. The molecule has 0 aliphatic carbocycles. The second-order valence-electron chi connectivity index (χ2n) is 4.53. The summed E-state index contributed by atoms with van der Waals surface area (Å²) in [7, 11) is 0. The molecule has 3 nitrogen and oxygen atoms in total. The monoisotopic (exact) mass is 213 g/mol. The molecule has 0 radical (unpaired) electrons. The highest BCUT2D eigenvalue weighted by atomic mass is 16.4. The Morgan fingerprint density at radius 3 is 1.80 bits per heavy atom. The fourth-order valence-electron chi connectivity index (χ4n) is 2.06. The summed E-state index contributed by atoms with van der Waals surface area (Å²) in [4.78, 5) is 13.0. The lowest BCUT2D eigenvalue weighted by Gasteiger charge is -2.35. The Balaban J connectivity index is 4.73. The third-order valence-corrected chi connectivity index (χ3v) is 2.49. The Labute approximate surface area is 92.8 Å². The van der Waals surface area contributed by atoms with E-state index in [1.807, 2.05) is 13.0 Å². The minimum Gasteiger partial charge on any atom is -0.478 e. The quantitative estimate of drug-likeness (QED) is 0.713. The first-order valence-electron chi connectivity index (χ1n) is 5.46. The van der Waals surface area contributed by atoms with E-state index < -0.39 is 5.97 Å². The maximum absolute atomic E-state index is 10.7. The molecule has 0 saturated carbocycles. The van der Waals surface area contributed by atoms with E-state index in [0.29, 0.717) is 17.7 Å². The van der Waals surface area contributed by atoms with Crippen molar-refractivity contribution in [2.45, 2.75) is 59.7 Å². The van der Waals surface area contributed by atoms with Gasteiger partial charge in [0, 0.05) is 23.7 Å². The van der Waals surface area contributed by atoms with E-state index in [1.165, 1.54) is 0 Å². The Hall–Kier alpha value is -0.830. The van der Waals surface area contributed by atoms with E-state index in [2.05, 4.69) is 32.6 Å². The van der Waals surface area contributed by atoms with E-state index in [0.717, 1.165) is 0 Å². The first-order valence-corrected chi connectivity index (χ1v) is 5.46. The zero-order valence-corrected chi connectivity index (χ0v) is 10.6.